The molecule has 0 bridgehead atoms. The lowest BCUT2D eigenvalue weighted by Crippen LogP contribution is -2.43. The number of hydrogen-bond acceptors (Lipinski definition) is 5. The largest absolute Gasteiger partial charge is 0.451 e. The maximum absolute atomic E-state index is 12.4. The smallest absolute Gasteiger partial charge is 0.335 e. The number of rotatable bonds is 6. The first-order valence-corrected chi connectivity index (χ1v) is 8.18. The molecule has 0 aromatic carbocycles. The van der Waals surface area contributed by atoms with Gasteiger partial charge in [-0.05, 0) is 37.3 Å². The number of amides is 1. The van der Waals surface area contributed by atoms with Crippen LogP contribution in [-0.2, 0) is 32.0 Å². The van der Waals surface area contributed by atoms with Crippen LogP contribution in [0.5, 0.6) is 0 Å². The summed E-state index contributed by atoms with van der Waals surface area (Å²) in [6, 6.07) is 2.04. The molecule has 22 heavy (non-hydrogen) atoms. The molecule has 1 aromatic rings. The molecule has 1 aliphatic heterocycles. The molecule has 1 aromatic heterocycles. The minimum atomic E-state index is -0.803. The Balaban J connectivity index is 1.87. The number of hydrogen-bond donors (Lipinski definition) is 0. The van der Waals surface area contributed by atoms with Crippen molar-refractivity contribution in [3.8, 4) is 0 Å². The fraction of sp³-hybridized carbons (Fsp3) is 0.500. The van der Waals surface area contributed by atoms with Crippen molar-refractivity contribution in [2.75, 3.05) is 13.2 Å². The van der Waals surface area contributed by atoms with E-state index in [4.69, 9.17) is 9.47 Å². The number of esters is 1. The van der Waals surface area contributed by atoms with E-state index in [1.807, 2.05) is 11.4 Å². The topological polar surface area (TPSA) is 55.8 Å². The van der Waals surface area contributed by atoms with E-state index in [0.29, 0.717) is 13.1 Å². The summed E-state index contributed by atoms with van der Waals surface area (Å²) in [6.07, 6.45) is 0.906. The van der Waals surface area contributed by atoms with Crippen LogP contribution in [-0.4, -0.2) is 42.1 Å². The van der Waals surface area contributed by atoms with E-state index in [0.717, 1.165) is 6.42 Å². The fourth-order valence-corrected chi connectivity index (χ4v) is 3.18. The van der Waals surface area contributed by atoms with Crippen LogP contribution in [0.25, 0.3) is 0 Å². The predicted octanol–water partition coefficient (Wildman–Crippen LogP) is 2.16. The van der Waals surface area contributed by atoms with Gasteiger partial charge >= 0.3 is 5.97 Å². The van der Waals surface area contributed by atoms with Gasteiger partial charge in [-0.25, -0.2) is 4.79 Å². The van der Waals surface area contributed by atoms with Crippen LogP contribution in [0, 0.1) is 0 Å². The molecular weight excluding hydrogens is 302 g/mol. The van der Waals surface area contributed by atoms with E-state index in [9.17, 15) is 9.59 Å². The maximum atomic E-state index is 12.4. The summed E-state index contributed by atoms with van der Waals surface area (Å²) in [6.45, 7) is 8.24. The number of ether oxygens (including phenoxy) is 2. The average molecular weight is 323 g/mol. The van der Waals surface area contributed by atoms with E-state index < -0.39 is 18.2 Å². The molecule has 2 unspecified atom stereocenters. The van der Waals surface area contributed by atoms with Gasteiger partial charge in [0.25, 0.3) is 5.91 Å². The first kappa shape index (κ1) is 16.7. The molecular formula is C16H21NO4S. The first-order chi connectivity index (χ1) is 10.5. The summed E-state index contributed by atoms with van der Waals surface area (Å²) in [4.78, 5) is 27.3. The quantitative estimate of drug-likeness (QED) is 0.595. The summed E-state index contributed by atoms with van der Waals surface area (Å²) in [5, 5.41) is 2.04. The zero-order valence-corrected chi connectivity index (χ0v) is 13.7. The van der Waals surface area contributed by atoms with Crippen molar-refractivity contribution in [2.45, 2.75) is 39.0 Å². The minimum absolute atomic E-state index is 0.166. The fourth-order valence-electron chi connectivity index (χ4n) is 2.29. The average Bonchev–Trinajstić information content (AvgIpc) is 2.98. The third kappa shape index (κ3) is 3.96. The number of carbonyl (C=O) groups excluding carboxylic acids is 2. The van der Waals surface area contributed by atoms with Crippen molar-refractivity contribution in [3.05, 3.63) is 34.5 Å². The van der Waals surface area contributed by atoms with Gasteiger partial charge < -0.3 is 14.4 Å². The molecule has 1 amide bonds. The Morgan fingerprint density at radius 2 is 2.23 bits per heavy atom. The Labute approximate surface area is 134 Å². The van der Waals surface area contributed by atoms with Gasteiger partial charge in [0.2, 0.25) is 0 Å². The van der Waals surface area contributed by atoms with Crippen LogP contribution in [0.15, 0.2) is 24.1 Å². The third-order valence-electron chi connectivity index (χ3n) is 3.56. The molecule has 0 saturated heterocycles. The summed E-state index contributed by atoms with van der Waals surface area (Å²) in [7, 11) is 0. The molecule has 1 aliphatic rings. The third-order valence-corrected chi connectivity index (χ3v) is 4.58. The lowest BCUT2D eigenvalue weighted by atomic mass is 10.1. The van der Waals surface area contributed by atoms with E-state index in [1.54, 1.807) is 36.2 Å². The van der Waals surface area contributed by atoms with E-state index in [2.05, 4.69) is 6.58 Å². The monoisotopic (exact) mass is 323 g/mol. The van der Waals surface area contributed by atoms with Crippen molar-refractivity contribution in [1.29, 1.82) is 0 Å². The van der Waals surface area contributed by atoms with Gasteiger partial charge in [0, 0.05) is 18.0 Å². The van der Waals surface area contributed by atoms with Crippen molar-refractivity contribution < 1.29 is 19.1 Å². The molecule has 0 N–H and O–H groups in total. The van der Waals surface area contributed by atoms with Crippen LogP contribution in [0.1, 0.15) is 24.3 Å². The van der Waals surface area contributed by atoms with Gasteiger partial charge in [0.1, 0.15) is 0 Å². The molecule has 2 rings (SSSR count). The zero-order chi connectivity index (χ0) is 16.1. The second-order valence-electron chi connectivity index (χ2n) is 5.22. The van der Waals surface area contributed by atoms with Crippen LogP contribution in [0.4, 0.5) is 0 Å². The SMILES string of the molecule is C=CCOC(C)C(=O)OC(C)C(=O)N1CCc2sccc2C1. The Morgan fingerprint density at radius 1 is 1.45 bits per heavy atom. The normalized spacial score (nSPS) is 16.5. The number of fused-ring (bicyclic) bond motifs is 1. The first-order valence-electron chi connectivity index (χ1n) is 7.30. The molecule has 2 heterocycles. The lowest BCUT2D eigenvalue weighted by Gasteiger charge is -2.29. The van der Waals surface area contributed by atoms with E-state index in [-0.39, 0.29) is 12.5 Å². The second-order valence-corrected chi connectivity index (χ2v) is 6.22. The van der Waals surface area contributed by atoms with Crippen LogP contribution < -0.4 is 0 Å². The van der Waals surface area contributed by atoms with Crippen LogP contribution >= 0.6 is 11.3 Å². The highest BCUT2D eigenvalue weighted by Gasteiger charge is 2.28. The highest BCUT2D eigenvalue weighted by Crippen LogP contribution is 2.24. The van der Waals surface area contributed by atoms with Gasteiger partial charge in [-0.1, -0.05) is 6.08 Å². The molecule has 6 heteroatoms. The minimum Gasteiger partial charge on any atom is -0.451 e. The molecule has 5 nitrogen and oxygen atoms in total. The van der Waals surface area contributed by atoms with Crippen LogP contribution in [0.3, 0.4) is 0 Å². The second kappa shape index (κ2) is 7.56. The number of nitrogens with zero attached hydrogens (tertiary/aromatic N) is 1. The Morgan fingerprint density at radius 3 is 2.95 bits per heavy atom. The van der Waals surface area contributed by atoms with Gasteiger partial charge in [0.15, 0.2) is 12.2 Å². The van der Waals surface area contributed by atoms with Crippen LogP contribution in [0.2, 0.25) is 0 Å². The molecule has 0 aliphatic carbocycles. The Bertz CT molecular complexity index is 554. The van der Waals surface area contributed by atoms with Crippen molar-refractivity contribution in [3.63, 3.8) is 0 Å². The van der Waals surface area contributed by atoms with Crippen molar-refractivity contribution in [2.24, 2.45) is 0 Å². The molecule has 2 atom stereocenters. The van der Waals surface area contributed by atoms with Gasteiger partial charge in [-0.15, -0.1) is 17.9 Å². The van der Waals surface area contributed by atoms with Gasteiger partial charge in [-0.3, -0.25) is 4.79 Å². The Kier molecular flexibility index (Phi) is 5.74. The van der Waals surface area contributed by atoms with E-state index in [1.165, 1.54) is 10.4 Å². The highest BCUT2D eigenvalue weighted by molar-refractivity contribution is 7.10. The number of carbonyl (C=O) groups is 2. The summed E-state index contributed by atoms with van der Waals surface area (Å²) in [5.41, 5.74) is 1.19. The van der Waals surface area contributed by atoms with Gasteiger partial charge in [-0.2, -0.15) is 0 Å². The molecule has 120 valence electrons. The molecule has 0 spiro atoms. The summed E-state index contributed by atoms with van der Waals surface area (Å²) >= 11 is 1.72. The predicted molar refractivity (Wildman–Crippen MR) is 84.6 cm³/mol. The Hall–Kier alpha value is -1.66. The zero-order valence-electron chi connectivity index (χ0n) is 12.9. The highest BCUT2D eigenvalue weighted by atomic mass is 32.1. The maximum Gasteiger partial charge on any atom is 0.335 e. The standard InChI is InChI=1S/C16H21NO4S/c1-4-8-20-12(3)16(19)21-11(2)15(18)17-7-5-14-13(10-17)6-9-22-14/h4,6,9,11-12H,1,5,7-8,10H2,2-3H3. The summed E-state index contributed by atoms with van der Waals surface area (Å²) in [5.74, 6) is -0.697. The molecule has 0 saturated carbocycles. The van der Waals surface area contributed by atoms with Crippen molar-refractivity contribution in [1.82, 2.24) is 4.90 Å². The summed E-state index contributed by atoms with van der Waals surface area (Å²) < 4.78 is 10.4. The van der Waals surface area contributed by atoms with Gasteiger partial charge in [0.05, 0.1) is 6.61 Å². The molecule has 0 fully saturated rings. The van der Waals surface area contributed by atoms with Crippen molar-refractivity contribution >= 4 is 23.2 Å². The molecule has 0 radical (unpaired) electrons. The lowest BCUT2D eigenvalue weighted by molar-refractivity contribution is -0.167. The van der Waals surface area contributed by atoms with E-state index >= 15 is 0 Å². The number of thiophene rings is 1.